The minimum Gasteiger partial charge on any atom is -0.466 e. The monoisotopic (exact) mass is 312 g/mol. The van der Waals surface area contributed by atoms with Gasteiger partial charge in [0.2, 0.25) is 5.88 Å². The molecule has 1 unspecified atom stereocenters. The average molecular weight is 312 g/mol. The van der Waals surface area contributed by atoms with E-state index in [9.17, 15) is 10.1 Å². The van der Waals surface area contributed by atoms with E-state index in [1.54, 1.807) is 6.92 Å². The Hall–Kier alpha value is -2.74. The molecule has 1 atom stereocenters. The number of aryl methyl sites for hydroxylation is 3. The van der Waals surface area contributed by atoms with Crippen molar-refractivity contribution < 1.29 is 14.3 Å². The Morgan fingerprint density at radius 3 is 2.30 bits per heavy atom. The summed E-state index contributed by atoms with van der Waals surface area (Å²) >= 11 is 0. The number of benzene rings is 1. The SMILES string of the molecule is COC(=O)C1=C(C)OC(N)=C(C#N)C1c1c(C)cc(C)cc1C. The minimum atomic E-state index is -0.582. The van der Waals surface area contributed by atoms with Crippen LogP contribution in [0.4, 0.5) is 0 Å². The molecule has 1 aliphatic heterocycles. The van der Waals surface area contributed by atoms with Gasteiger partial charge in [-0.15, -0.1) is 0 Å². The molecule has 2 N–H and O–H groups in total. The zero-order chi connectivity index (χ0) is 17.3. The van der Waals surface area contributed by atoms with Crippen LogP contribution in [0.5, 0.6) is 0 Å². The van der Waals surface area contributed by atoms with Gasteiger partial charge in [0.25, 0.3) is 0 Å². The molecular weight excluding hydrogens is 292 g/mol. The summed E-state index contributed by atoms with van der Waals surface area (Å²) < 4.78 is 10.3. The first-order valence-corrected chi connectivity index (χ1v) is 7.26. The Labute approximate surface area is 136 Å². The summed E-state index contributed by atoms with van der Waals surface area (Å²) in [7, 11) is 1.31. The average Bonchev–Trinajstić information content (AvgIpc) is 2.45. The zero-order valence-electron chi connectivity index (χ0n) is 14.0. The Balaban J connectivity index is 2.79. The predicted octanol–water partition coefficient (Wildman–Crippen LogP) is 2.87. The number of rotatable bonds is 2. The van der Waals surface area contributed by atoms with Crippen molar-refractivity contribution in [2.75, 3.05) is 7.11 Å². The molecule has 0 aromatic heterocycles. The normalized spacial score (nSPS) is 17.7. The number of carbonyl (C=O) groups is 1. The molecule has 2 rings (SSSR count). The highest BCUT2D eigenvalue weighted by Gasteiger charge is 2.37. The van der Waals surface area contributed by atoms with Gasteiger partial charge in [-0.25, -0.2) is 4.79 Å². The lowest BCUT2D eigenvalue weighted by atomic mass is 9.79. The van der Waals surface area contributed by atoms with Crippen molar-refractivity contribution in [3.05, 3.63) is 57.2 Å². The van der Waals surface area contributed by atoms with Gasteiger partial charge in [0.1, 0.15) is 17.4 Å². The lowest BCUT2D eigenvalue weighted by Crippen LogP contribution is -2.26. The molecule has 0 fully saturated rings. The first-order valence-electron chi connectivity index (χ1n) is 7.26. The zero-order valence-corrected chi connectivity index (χ0v) is 14.0. The van der Waals surface area contributed by atoms with Gasteiger partial charge in [-0.2, -0.15) is 5.26 Å². The smallest absolute Gasteiger partial charge is 0.338 e. The van der Waals surface area contributed by atoms with Crippen molar-refractivity contribution in [1.29, 1.82) is 5.26 Å². The number of hydrogen-bond acceptors (Lipinski definition) is 5. The Kier molecular flexibility index (Phi) is 4.46. The molecule has 0 spiro atoms. The third-order valence-electron chi connectivity index (χ3n) is 4.04. The largest absolute Gasteiger partial charge is 0.466 e. The molecule has 0 saturated carbocycles. The quantitative estimate of drug-likeness (QED) is 0.849. The summed E-state index contributed by atoms with van der Waals surface area (Å²) in [6.07, 6.45) is 0. The van der Waals surface area contributed by atoms with Crippen LogP contribution in [0.1, 0.15) is 35.1 Å². The van der Waals surface area contributed by atoms with Crippen molar-refractivity contribution in [3.63, 3.8) is 0 Å². The van der Waals surface area contributed by atoms with Crippen molar-refractivity contribution in [3.8, 4) is 6.07 Å². The molecule has 0 amide bonds. The van der Waals surface area contributed by atoms with Gasteiger partial charge in [0, 0.05) is 0 Å². The molecule has 120 valence electrons. The number of nitrogens with two attached hydrogens (primary N) is 1. The summed E-state index contributed by atoms with van der Waals surface area (Å²) in [6.45, 7) is 7.57. The van der Waals surface area contributed by atoms with Crippen molar-refractivity contribution >= 4 is 5.97 Å². The second-order valence-corrected chi connectivity index (χ2v) is 5.70. The number of allylic oxidation sites excluding steroid dienone is 2. The minimum absolute atomic E-state index is 0.0297. The van der Waals surface area contributed by atoms with Crippen LogP contribution in [0, 0.1) is 32.1 Å². The van der Waals surface area contributed by atoms with Crippen LogP contribution in [0.15, 0.2) is 34.9 Å². The van der Waals surface area contributed by atoms with Crippen LogP contribution in [0.25, 0.3) is 0 Å². The molecule has 1 aromatic rings. The Morgan fingerprint density at radius 1 is 1.26 bits per heavy atom. The van der Waals surface area contributed by atoms with Crippen molar-refractivity contribution in [1.82, 2.24) is 0 Å². The molecule has 1 aliphatic rings. The van der Waals surface area contributed by atoms with Gasteiger partial charge in [-0.3, -0.25) is 0 Å². The highest BCUT2D eigenvalue weighted by Crippen LogP contribution is 2.42. The lowest BCUT2D eigenvalue weighted by molar-refractivity contribution is -0.136. The molecule has 0 radical (unpaired) electrons. The van der Waals surface area contributed by atoms with E-state index in [0.717, 1.165) is 22.3 Å². The molecule has 5 heteroatoms. The second-order valence-electron chi connectivity index (χ2n) is 5.70. The lowest BCUT2D eigenvalue weighted by Gasteiger charge is -2.28. The third-order valence-corrected chi connectivity index (χ3v) is 4.04. The molecule has 5 nitrogen and oxygen atoms in total. The summed E-state index contributed by atoms with van der Waals surface area (Å²) in [5.74, 6) is -0.714. The fourth-order valence-corrected chi connectivity index (χ4v) is 3.19. The van der Waals surface area contributed by atoms with Crippen LogP contribution >= 0.6 is 0 Å². The third kappa shape index (κ3) is 2.80. The predicted molar refractivity (Wildman–Crippen MR) is 86.0 cm³/mol. The van der Waals surface area contributed by atoms with Gasteiger partial charge >= 0.3 is 5.97 Å². The van der Waals surface area contributed by atoms with Crippen LogP contribution in [-0.4, -0.2) is 13.1 Å². The number of carbonyl (C=O) groups excluding carboxylic acids is 1. The van der Waals surface area contributed by atoms with Crippen LogP contribution in [-0.2, 0) is 14.3 Å². The molecular formula is C18H20N2O3. The van der Waals surface area contributed by atoms with Gasteiger partial charge in [0.15, 0.2) is 0 Å². The Bertz CT molecular complexity index is 759. The van der Waals surface area contributed by atoms with E-state index in [1.807, 2.05) is 32.9 Å². The van der Waals surface area contributed by atoms with Gasteiger partial charge in [-0.05, 0) is 44.4 Å². The van der Waals surface area contributed by atoms with Crippen LogP contribution < -0.4 is 5.73 Å². The van der Waals surface area contributed by atoms with Crippen LogP contribution in [0.3, 0.4) is 0 Å². The number of ether oxygens (including phenoxy) is 2. The summed E-state index contributed by atoms with van der Waals surface area (Å²) in [4.78, 5) is 12.3. The summed E-state index contributed by atoms with van der Waals surface area (Å²) in [6, 6.07) is 6.13. The molecule has 23 heavy (non-hydrogen) atoms. The van der Waals surface area contributed by atoms with E-state index in [4.69, 9.17) is 15.2 Å². The maximum atomic E-state index is 12.3. The highest BCUT2D eigenvalue weighted by atomic mass is 16.5. The molecule has 0 aliphatic carbocycles. The van der Waals surface area contributed by atoms with Crippen molar-refractivity contribution in [2.45, 2.75) is 33.6 Å². The van der Waals surface area contributed by atoms with E-state index < -0.39 is 11.9 Å². The molecule has 1 aromatic carbocycles. The maximum absolute atomic E-state index is 12.3. The van der Waals surface area contributed by atoms with Gasteiger partial charge in [0.05, 0.1) is 18.6 Å². The van der Waals surface area contributed by atoms with Crippen LogP contribution in [0.2, 0.25) is 0 Å². The molecule has 0 saturated heterocycles. The highest BCUT2D eigenvalue weighted by molar-refractivity contribution is 5.92. The first-order chi connectivity index (χ1) is 10.8. The molecule has 0 bridgehead atoms. The number of nitriles is 1. The fraction of sp³-hybridized carbons (Fsp3) is 0.333. The van der Waals surface area contributed by atoms with Crippen molar-refractivity contribution in [2.24, 2.45) is 5.73 Å². The number of hydrogen-bond donors (Lipinski definition) is 1. The summed E-state index contributed by atoms with van der Waals surface area (Å²) in [5.41, 5.74) is 10.4. The second kappa shape index (κ2) is 6.17. The van der Waals surface area contributed by atoms with Gasteiger partial charge in [-0.1, -0.05) is 17.7 Å². The summed E-state index contributed by atoms with van der Waals surface area (Å²) in [5, 5.41) is 9.55. The number of methoxy groups -OCH3 is 1. The topological polar surface area (TPSA) is 85.3 Å². The first kappa shape index (κ1) is 16.6. The van der Waals surface area contributed by atoms with Gasteiger partial charge < -0.3 is 15.2 Å². The van der Waals surface area contributed by atoms with E-state index >= 15 is 0 Å². The maximum Gasteiger partial charge on any atom is 0.338 e. The van der Waals surface area contributed by atoms with E-state index in [1.165, 1.54) is 7.11 Å². The van der Waals surface area contributed by atoms with E-state index in [2.05, 4.69) is 6.07 Å². The van der Waals surface area contributed by atoms with E-state index in [0.29, 0.717) is 11.3 Å². The number of nitrogens with zero attached hydrogens (tertiary/aromatic N) is 1. The standard InChI is InChI=1S/C18H20N2O3/c1-9-6-10(2)14(11(3)7-9)16-13(8-19)17(20)23-12(4)15(16)18(21)22-5/h6-7,16H,20H2,1-5H3. The van der Waals surface area contributed by atoms with E-state index in [-0.39, 0.29) is 11.5 Å². The molecule has 1 heterocycles. The fourth-order valence-electron chi connectivity index (χ4n) is 3.19. The Morgan fingerprint density at radius 2 is 1.83 bits per heavy atom. The number of esters is 1.